The Morgan fingerprint density at radius 3 is 2.81 bits per heavy atom. The van der Waals surface area contributed by atoms with Crippen molar-refractivity contribution in [1.29, 1.82) is 5.26 Å². The molecule has 26 heavy (non-hydrogen) atoms. The number of ether oxygens (including phenoxy) is 1. The molecule has 2 aromatic rings. The zero-order valence-corrected chi connectivity index (χ0v) is 14.8. The summed E-state index contributed by atoms with van der Waals surface area (Å²) in [4.78, 5) is 10.5. The standard InChI is InChI=1S/C19H23N5O2/c1-15-11-26-14-19(13-25,24(15)10-16-5-3-2-4-6-16)12-23-18-9-21-17(7-20)8-22-18/h2-6,8-9,15,25H,10-14H2,1H3,(H,22,23)/t15-,19+/m1/s1. The highest BCUT2D eigenvalue weighted by Gasteiger charge is 2.42. The Hall–Kier alpha value is -2.53. The Bertz CT molecular complexity index is 747. The number of nitriles is 1. The third-order valence-corrected chi connectivity index (χ3v) is 4.73. The van der Waals surface area contributed by atoms with Gasteiger partial charge in [0.1, 0.15) is 11.9 Å². The maximum absolute atomic E-state index is 10.2. The first-order chi connectivity index (χ1) is 12.7. The number of aromatic nitrogens is 2. The molecular formula is C19H23N5O2. The van der Waals surface area contributed by atoms with E-state index in [2.05, 4.69) is 39.2 Å². The van der Waals surface area contributed by atoms with Gasteiger partial charge < -0.3 is 15.2 Å². The van der Waals surface area contributed by atoms with Crippen molar-refractivity contribution in [2.75, 3.05) is 31.7 Å². The molecule has 1 aliphatic rings. The predicted molar refractivity (Wildman–Crippen MR) is 97.3 cm³/mol. The van der Waals surface area contributed by atoms with Crippen molar-refractivity contribution in [3.63, 3.8) is 0 Å². The largest absolute Gasteiger partial charge is 0.394 e. The fraction of sp³-hybridized carbons (Fsp3) is 0.421. The van der Waals surface area contributed by atoms with Gasteiger partial charge in [0.25, 0.3) is 0 Å². The molecule has 0 spiro atoms. The number of hydrogen-bond donors (Lipinski definition) is 2. The van der Waals surface area contributed by atoms with Gasteiger partial charge in [0, 0.05) is 19.1 Å². The number of nitrogens with zero attached hydrogens (tertiary/aromatic N) is 4. The topological polar surface area (TPSA) is 94.3 Å². The summed E-state index contributed by atoms with van der Waals surface area (Å²) in [5.41, 5.74) is 0.897. The van der Waals surface area contributed by atoms with Crippen molar-refractivity contribution in [3.05, 3.63) is 54.0 Å². The fourth-order valence-electron chi connectivity index (χ4n) is 3.24. The van der Waals surface area contributed by atoms with E-state index in [1.165, 1.54) is 18.0 Å². The summed E-state index contributed by atoms with van der Waals surface area (Å²) >= 11 is 0. The molecule has 136 valence electrons. The van der Waals surface area contributed by atoms with E-state index in [1.54, 1.807) is 0 Å². The molecule has 0 bridgehead atoms. The zero-order chi connectivity index (χ0) is 18.4. The van der Waals surface area contributed by atoms with Crippen LogP contribution < -0.4 is 5.32 Å². The van der Waals surface area contributed by atoms with Crippen molar-refractivity contribution in [1.82, 2.24) is 14.9 Å². The molecule has 1 aromatic heterocycles. The smallest absolute Gasteiger partial charge is 0.158 e. The zero-order valence-electron chi connectivity index (χ0n) is 14.8. The van der Waals surface area contributed by atoms with Gasteiger partial charge in [-0.2, -0.15) is 5.26 Å². The molecule has 0 unspecified atom stereocenters. The average Bonchev–Trinajstić information content (AvgIpc) is 2.70. The van der Waals surface area contributed by atoms with Crippen molar-refractivity contribution < 1.29 is 9.84 Å². The molecule has 2 heterocycles. The van der Waals surface area contributed by atoms with E-state index in [0.29, 0.717) is 25.6 Å². The van der Waals surface area contributed by atoms with Crippen LogP contribution in [0.25, 0.3) is 0 Å². The third kappa shape index (κ3) is 3.99. The van der Waals surface area contributed by atoms with Gasteiger partial charge in [-0.1, -0.05) is 30.3 Å². The Labute approximate surface area is 153 Å². The number of anilines is 1. The Morgan fingerprint density at radius 2 is 2.15 bits per heavy atom. The molecule has 1 aliphatic heterocycles. The van der Waals surface area contributed by atoms with E-state index >= 15 is 0 Å². The van der Waals surface area contributed by atoms with Crippen LogP contribution in [0.3, 0.4) is 0 Å². The lowest BCUT2D eigenvalue weighted by Gasteiger charge is -2.49. The van der Waals surface area contributed by atoms with E-state index in [-0.39, 0.29) is 18.3 Å². The number of benzene rings is 1. The molecule has 7 nitrogen and oxygen atoms in total. The highest BCUT2D eigenvalue weighted by atomic mass is 16.5. The molecule has 0 aliphatic carbocycles. The molecule has 2 N–H and O–H groups in total. The lowest BCUT2D eigenvalue weighted by atomic mass is 9.94. The van der Waals surface area contributed by atoms with Crippen molar-refractivity contribution in [2.45, 2.75) is 25.0 Å². The normalized spacial score (nSPS) is 23.3. The minimum Gasteiger partial charge on any atom is -0.394 e. The quantitative estimate of drug-likeness (QED) is 0.811. The second kappa shape index (κ2) is 8.23. The first-order valence-corrected chi connectivity index (χ1v) is 8.62. The van der Waals surface area contributed by atoms with Gasteiger partial charge >= 0.3 is 0 Å². The third-order valence-electron chi connectivity index (χ3n) is 4.73. The maximum atomic E-state index is 10.2. The van der Waals surface area contributed by atoms with Crippen molar-refractivity contribution in [3.8, 4) is 6.07 Å². The molecule has 2 atom stereocenters. The van der Waals surface area contributed by atoms with E-state index in [0.717, 1.165) is 6.54 Å². The Morgan fingerprint density at radius 1 is 1.35 bits per heavy atom. The van der Waals surface area contributed by atoms with Gasteiger partial charge in [-0.25, -0.2) is 9.97 Å². The number of aliphatic hydroxyl groups is 1. The van der Waals surface area contributed by atoms with Crippen LogP contribution in [0.5, 0.6) is 0 Å². The molecule has 0 saturated carbocycles. The van der Waals surface area contributed by atoms with Gasteiger partial charge in [-0.3, -0.25) is 4.90 Å². The van der Waals surface area contributed by atoms with Crippen LogP contribution in [0.15, 0.2) is 42.7 Å². The van der Waals surface area contributed by atoms with Crippen LogP contribution in [0.4, 0.5) is 5.82 Å². The average molecular weight is 353 g/mol. The molecular weight excluding hydrogens is 330 g/mol. The summed E-state index contributed by atoms with van der Waals surface area (Å²) < 4.78 is 5.76. The minimum atomic E-state index is -0.566. The number of nitrogens with one attached hydrogen (secondary N) is 1. The minimum absolute atomic E-state index is 0.0408. The Balaban J connectivity index is 1.77. The summed E-state index contributed by atoms with van der Waals surface area (Å²) in [5.74, 6) is 0.565. The van der Waals surface area contributed by atoms with Gasteiger partial charge in [-0.15, -0.1) is 0 Å². The van der Waals surface area contributed by atoms with Gasteiger partial charge in [0.05, 0.1) is 37.8 Å². The summed E-state index contributed by atoms with van der Waals surface area (Å²) in [6, 6.07) is 12.3. The fourth-order valence-corrected chi connectivity index (χ4v) is 3.24. The van der Waals surface area contributed by atoms with Gasteiger partial charge in [0.2, 0.25) is 0 Å². The van der Waals surface area contributed by atoms with Gasteiger partial charge in [-0.05, 0) is 12.5 Å². The lowest BCUT2D eigenvalue weighted by Crippen LogP contribution is -2.65. The number of aliphatic hydroxyl groups excluding tert-OH is 1. The lowest BCUT2D eigenvalue weighted by molar-refractivity contribution is -0.117. The summed E-state index contributed by atoms with van der Waals surface area (Å²) in [5, 5.41) is 22.3. The van der Waals surface area contributed by atoms with Crippen LogP contribution in [-0.4, -0.2) is 57.9 Å². The summed E-state index contributed by atoms with van der Waals surface area (Å²) in [7, 11) is 0. The second-order valence-corrected chi connectivity index (χ2v) is 6.61. The first kappa shape index (κ1) is 18.3. The molecule has 0 amide bonds. The van der Waals surface area contributed by atoms with Crippen LogP contribution in [0, 0.1) is 11.3 Å². The molecule has 1 saturated heterocycles. The van der Waals surface area contributed by atoms with E-state index < -0.39 is 5.54 Å². The van der Waals surface area contributed by atoms with E-state index in [4.69, 9.17) is 10.00 Å². The number of hydrogen-bond acceptors (Lipinski definition) is 7. The number of rotatable bonds is 6. The van der Waals surface area contributed by atoms with Crippen LogP contribution >= 0.6 is 0 Å². The van der Waals surface area contributed by atoms with Crippen LogP contribution in [0.2, 0.25) is 0 Å². The highest BCUT2D eigenvalue weighted by Crippen LogP contribution is 2.27. The predicted octanol–water partition coefficient (Wildman–Crippen LogP) is 1.41. The van der Waals surface area contributed by atoms with Crippen molar-refractivity contribution in [2.24, 2.45) is 0 Å². The highest BCUT2D eigenvalue weighted by molar-refractivity contribution is 5.34. The molecule has 3 rings (SSSR count). The SMILES string of the molecule is C[C@@H]1COC[C@@](CO)(CNc2cnc(C#N)cn2)N1Cc1ccccc1. The monoisotopic (exact) mass is 353 g/mol. The van der Waals surface area contributed by atoms with Crippen LogP contribution in [0.1, 0.15) is 18.2 Å². The molecule has 1 aromatic carbocycles. The molecule has 0 radical (unpaired) electrons. The van der Waals surface area contributed by atoms with Crippen molar-refractivity contribution >= 4 is 5.82 Å². The van der Waals surface area contributed by atoms with E-state index in [9.17, 15) is 5.11 Å². The Kier molecular flexibility index (Phi) is 5.78. The van der Waals surface area contributed by atoms with E-state index in [1.807, 2.05) is 24.3 Å². The maximum Gasteiger partial charge on any atom is 0.158 e. The number of morpholine rings is 1. The van der Waals surface area contributed by atoms with Crippen LogP contribution in [-0.2, 0) is 11.3 Å². The second-order valence-electron chi connectivity index (χ2n) is 6.61. The molecule has 7 heteroatoms. The summed E-state index contributed by atoms with van der Waals surface area (Å²) in [6.07, 6.45) is 2.95. The first-order valence-electron chi connectivity index (χ1n) is 8.62. The molecule has 1 fully saturated rings. The van der Waals surface area contributed by atoms with Gasteiger partial charge in [0.15, 0.2) is 5.69 Å². The summed E-state index contributed by atoms with van der Waals surface area (Å²) in [6.45, 7) is 4.31.